The minimum atomic E-state index is -0.0791. The summed E-state index contributed by atoms with van der Waals surface area (Å²) < 4.78 is 5.24. The molecule has 1 unspecified atom stereocenters. The van der Waals surface area contributed by atoms with E-state index in [9.17, 15) is 4.79 Å². The number of benzene rings is 1. The number of carbonyl (C=O) groups is 1. The van der Waals surface area contributed by atoms with E-state index in [4.69, 9.17) is 10.5 Å². The van der Waals surface area contributed by atoms with Crippen LogP contribution in [0, 0.1) is 5.41 Å². The molecule has 3 N–H and O–H groups in total. The third-order valence-electron chi connectivity index (χ3n) is 4.01. The minimum Gasteiger partial charge on any atom is -0.496 e. The van der Waals surface area contributed by atoms with Gasteiger partial charge in [0.2, 0.25) is 0 Å². The molecule has 1 atom stereocenters. The number of anilines is 1. The van der Waals surface area contributed by atoms with Crippen molar-refractivity contribution in [2.24, 2.45) is 5.41 Å². The second kappa shape index (κ2) is 5.73. The third kappa shape index (κ3) is 3.44. The maximum absolute atomic E-state index is 12.4. The van der Waals surface area contributed by atoms with Gasteiger partial charge in [0.1, 0.15) is 5.75 Å². The van der Waals surface area contributed by atoms with Gasteiger partial charge in [-0.3, -0.25) is 4.79 Å². The highest BCUT2D eigenvalue weighted by Crippen LogP contribution is 2.35. The quantitative estimate of drug-likeness (QED) is 0.834. The zero-order valence-corrected chi connectivity index (χ0v) is 12.5. The molecule has 20 heavy (non-hydrogen) atoms. The van der Waals surface area contributed by atoms with Gasteiger partial charge in [-0.05, 0) is 36.8 Å². The van der Waals surface area contributed by atoms with E-state index in [0.29, 0.717) is 22.4 Å². The van der Waals surface area contributed by atoms with E-state index in [-0.39, 0.29) is 11.9 Å². The standard InChI is InChI=1S/C16H24N2O2/c1-16(2)8-4-5-12(10-16)18-15(19)13-7-6-11(17)9-14(13)20-3/h6-7,9,12H,4-5,8,10,17H2,1-3H3,(H,18,19). The summed E-state index contributed by atoms with van der Waals surface area (Å²) in [6, 6.07) is 5.37. The van der Waals surface area contributed by atoms with Crippen molar-refractivity contribution in [1.29, 1.82) is 0 Å². The average Bonchev–Trinajstić information content (AvgIpc) is 2.37. The van der Waals surface area contributed by atoms with Crippen LogP contribution < -0.4 is 15.8 Å². The first-order valence-corrected chi connectivity index (χ1v) is 7.16. The monoisotopic (exact) mass is 276 g/mol. The van der Waals surface area contributed by atoms with E-state index in [2.05, 4.69) is 19.2 Å². The van der Waals surface area contributed by atoms with Crippen LogP contribution in [0.2, 0.25) is 0 Å². The summed E-state index contributed by atoms with van der Waals surface area (Å²) in [6.45, 7) is 4.52. The smallest absolute Gasteiger partial charge is 0.255 e. The number of nitrogens with one attached hydrogen (secondary N) is 1. The molecule has 1 aliphatic carbocycles. The highest BCUT2D eigenvalue weighted by molar-refractivity contribution is 5.97. The molecule has 1 aliphatic rings. The maximum Gasteiger partial charge on any atom is 0.255 e. The van der Waals surface area contributed by atoms with Crippen molar-refractivity contribution in [3.05, 3.63) is 23.8 Å². The van der Waals surface area contributed by atoms with Crippen LogP contribution in [0.5, 0.6) is 5.75 Å². The summed E-state index contributed by atoms with van der Waals surface area (Å²) in [6.07, 6.45) is 4.46. The summed E-state index contributed by atoms with van der Waals surface area (Å²) in [5.41, 5.74) is 7.16. The summed E-state index contributed by atoms with van der Waals surface area (Å²) in [5.74, 6) is 0.446. The Bertz CT molecular complexity index is 497. The van der Waals surface area contributed by atoms with Crippen molar-refractivity contribution < 1.29 is 9.53 Å². The van der Waals surface area contributed by atoms with Gasteiger partial charge in [0, 0.05) is 17.8 Å². The summed E-state index contributed by atoms with van der Waals surface area (Å²) in [7, 11) is 1.55. The highest BCUT2D eigenvalue weighted by Gasteiger charge is 2.29. The van der Waals surface area contributed by atoms with Gasteiger partial charge in [-0.25, -0.2) is 0 Å². The Hall–Kier alpha value is -1.71. The van der Waals surface area contributed by atoms with Crippen LogP contribution in [0.15, 0.2) is 18.2 Å². The molecule has 1 aromatic rings. The number of ether oxygens (including phenoxy) is 1. The van der Waals surface area contributed by atoms with Crippen molar-refractivity contribution in [1.82, 2.24) is 5.32 Å². The molecule has 1 saturated carbocycles. The number of hydrogen-bond acceptors (Lipinski definition) is 3. The van der Waals surface area contributed by atoms with Gasteiger partial charge in [-0.2, -0.15) is 0 Å². The Balaban J connectivity index is 2.08. The number of amides is 1. The molecule has 0 heterocycles. The van der Waals surface area contributed by atoms with Gasteiger partial charge in [0.05, 0.1) is 12.7 Å². The van der Waals surface area contributed by atoms with E-state index < -0.39 is 0 Å². The third-order valence-corrected chi connectivity index (χ3v) is 4.01. The molecule has 1 amide bonds. The van der Waals surface area contributed by atoms with E-state index in [0.717, 1.165) is 19.3 Å². The average molecular weight is 276 g/mol. The predicted octanol–water partition coefficient (Wildman–Crippen LogP) is 2.98. The Morgan fingerprint density at radius 1 is 1.45 bits per heavy atom. The van der Waals surface area contributed by atoms with Crippen LogP contribution in [0.25, 0.3) is 0 Å². The van der Waals surface area contributed by atoms with Crippen LogP contribution in [-0.4, -0.2) is 19.1 Å². The molecule has 0 radical (unpaired) electrons. The van der Waals surface area contributed by atoms with E-state index in [1.165, 1.54) is 6.42 Å². The fraction of sp³-hybridized carbons (Fsp3) is 0.562. The molecule has 0 aliphatic heterocycles. The lowest BCUT2D eigenvalue weighted by atomic mass is 9.75. The Kier molecular flexibility index (Phi) is 4.21. The Morgan fingerprint density at radius 3 is 2.85 bits per heavy atom. The molecule has 4 nitrogen and oxygen atoms in total. The summed E-state index contributed by atoms with van der Waals surface area (Å²) in [4.78, 5) is 12.4. The molecule has 1 fully saturated rings. The first kappa shape index (κ1) is 14.7. The van der Waals surface area contributed by atoms with Gasteiger partial charge in [-0.1, -0.05) is 20.3 Å². The number of rotatable bonds is 3. The molecular formula is C16H24N2O2. The topological polar surface area (TPSA) is 64.3 Å². The molecule has 0 saturated heterocycles. The number of methoxy groups -OCH3 is 1. The fourth-order valence-corrected chi connectivity index (χ4v) is 2.98. The lowest BCUT2D eigenvalue weighted by Gasteiger charge is -2.35. The lowest BCUT2D eigenvalue weighted by Crippen LogP contribution is -2.40. The number of nitrogens with two attached hydrogens (primary N) is 1. The highest BCUT2D eigenvalue weighted by atomic mass is 16.5. The van der Waals surface area contributed by atoms with E-state index in [1.807, 2.05) is 0 Å². The largest absolute Gasteiger partial charge is 0.496 e. The normalized spacial score (nSPS) is 21.2. The lowest BCUT2D eigenvalue weighted by molar-refractivity contribution is 0.0899. The first-order valence-electron chi connectivity index (χ1n) is 7.16. The molecular weight excluding hydrogens is 252 g/mol. The second-order valence-electron chi connectivity index (χ2n) is 6.39. The molecule has 110 valence electrons. The van der Waals surface area contributed by atoms with Gasteiger partial charge in [0.25, 0.3) is 5.91 Å². The SMILES string of the molecule is COc1cc(N)ccc1C(=O)NC1CCCC(C)(C)C1. The van der Waals surface area contributed by atoms with Crippen molar-refractivity contribution in [2.75, 3.05) is 12.8 Å². The molecule has 0 bridgehead atoms. The Labute approximate surface area is 120 Å². The van der Waals surface area contributed by atoms with Gasteiger partial charge >= 0.3 is 0 Å². The fourth-order valence-electron chi connectivity index (χ4n) is 2.98. The van der Waals surface area contributed by atoms with Crippen molar-refractivity contribution in [2.45, 2.75) is 45.6 Å². The maximum atomic E-state index is 12.4. The number of nitrogen functional groups attached to an aromatic ring is 1. The van der Waals surface area contributed by atoms with Crippen LogP contribution in [0.3, 0.4) is 0 Å². The van der Waals surface area contributed by atoms with Crippen molar-refractivity contribution >= 4 is 11.6 Å². The van der Waals surface area contributed by atoms with Gasteiger partial charge in [0.15, 0.2) is 0 Å². The van der Waals surface area contributed by atoms with Crippen molar-refractivity contribution in [3.8, 4) is 5.75 Å². The van der Waals surface area contributed by atoms with Crippen LogP contribution >= 0.6 is 0 Å². The zero-order valence-electron chi connectivity index (χ0n) is 12.5. The summed E-state index contributed by atoms with van der Waals surface area (Å²) >= 11 is 0. The Morgan fingerprint density at radius 2 is 2.20 bits per heavy atom. The van der Waals surface area contributed by atoms with E-state index >= 15 is 0 Å². The van der Waals surface area contributed by atoms with Crippen LogP contribution in [0.4, 0.5) is 5.69 Å². The van der Waals surface area contributed by atoms with Gasteiger partial charge in [-0.15, -0.1) is 0 Å². The minimum absolute atomic E-state index is 0.0791. The first-order chi connectivity index (χ1) is 9.41. The summed E-state index contributed by atoms with van der Waals surface area (Å²) in [5, 5.41) is 3.13. The molecule has 0 aromatic heterocycles. The number of hydrogen-bond donors (Lipinski definition) is 2. The molecule has 1 aromatic carbocycles. The van der Waals surface area contributed by atoms with Crippen molar-refractivity contribution in [3.63, 3.8) is 0 Å². The van der Waals surface area contributed by atoms with Crippen LogP contribution in [0.1, 0.15) is 49.9 Å². The number of carbonyl (C=O) groups excluding carboxylic acids is 1. The molecule has 4 heteroatoms. The van der Waals surface area contributed by atoms with Crippen LogP contribution in [-0.2, 0) is 0 Å². The molecule has 0 spiro atoms. The van der Waals surface area contributed by atoms with E-state index in [1.54, 1.807) is 25.3 Å². The zero-order chi connectivity index (χ0) is 14.8. The second-order valence-corrected chi connectivity index (χ2v) is 6.39. The molecule has 2 rings (SSSR count). The van der Waals surface area contributed by atoms with Gasteiger partial charge < -0.3 is 15.8 Å². The predicted molar refractivity (Wildman–Crippen MR) is 80.9 cm³/mol.